The van der Waals surface area contributed by atoms with Gasteiger partial charge in [-0.05, 0) is 44.9 Å². The zero-order valence-electron chi connectivity index (χ0n) is 16.0. The van der Waals surface area contributed by atoms with Gasteiger partial charge in [0.15, 0.2) is 0 Å². The lowest BCUT2D eigenvalue weighted by molar-refractivity contribution is 0.0950. The number of rotatable bonds is 5. The summed E-state index contributed by atoms with van der Waals surface area (Å²) in [5, 5.41) is 7.24. The van der Waals surface area contributed by atoms with Gasteiger partial charge in [-0.3, -0.25) is 14.3 Å². The Hall–Kier alpha value is -3.15. The number of carbonyl (C=O) groups excluding carboxylic acids is 1. The highest BCUT2D eigenvalue weighted by Gasteiger charge is 2.18. The van der Waals surface area contributed by atoms with Gasteiger partial charge in [0.2, 0.25) is 0 Å². The molecule has 1 atom stereocenters. The number of hydrogen-bond donors (Lipinski definition) is 2. The molecular weight excluding hydrogens is 340 g/mol. The molecule has 2 N–H and O–H groups in total. The third-order valence-electron chi connectivity index (χ3n) is 4.86. The normalized spacial score (nSPS) is 12.0. The highest BCUT2D eigenvalue weighted by molar-refractivity contribution is 5.95. The second-order valence-electron chi connectivity index (χ2n) is 6.80. The fraction of sp³-hybridized carbons (Fsp3) is 0.286. The summed E-state index contributed by atoms with van der Waals surface area (Å²) in [6.45, 7) is 7.81. The lowest BCUT2D eigenvalue weighted by atomic mass is 10.1. The Balaban J connectivity index is 1.77. The van der Waals surface area contributed by atoms with E-state index in [1.807, 2.05) is 68.8 Å². The van der Waals surface area contributed by atoms with Crippen molar-refractivity contribution in [3.63, 3.8) is 0 Å². The standard InChI is InChI=1S/C21H24N4O2/c1-13-10-14(2)24-21(27)18(13)11-22-20(26)19-12-23-25(16(19)4)15(3)17-8-6-5-7-9-17/h5-10,12,15H,11H2,1-4H3,(H,22,26)(H,24,27). The number of nitrogens with one attached hydrogen (secondary N) is 2. The molecule has 1 unspecified atom stereocenters. The van der Waals surface area contributed by atoms with Crippen molar-refractivity contribution in [2.24, 2.45) is 0 Å². The molecule has 2 aromatic heterocycles. The van der Waals surface area contributed by atoms with Crippen LogP contribution in [0.25, 0.3) is 0 Å². The highest BCUT2D eigenvalue weighted by atomic mass is 16.2. The van der Waals surface area contributed by atoms with Gasteiger partial charge < -0.3 is 10.3 Å². The van der Waals surface area contributed by atoms with E-state index in [-0.39, 0.29) is 24.1 Å². The first-order chi connectivity index (χ1) is 12.9. The maximum Gasteiger partial charge on any atom is 0.255 e. The van der Waals surface area contributed by atoms with Crippen LogP contribution in [0.5, 0.6) is 0 Å². The Morgan fingerprint density at radius 3 is 2.59 bits per heavy atom. The molecule has 0 aliphatic heterocycles. The van der Waals surface area contributed by atoms with Crippen LogP contribution in [0, 0.1) is 20.8 Å². The molecule has 0 bridgehead atoms. The minimum Gasteiger partial charge on any atom is -0.348 e. The van der Waals surface area contributed by atoms with Crippen molar-refractivity contribution in [3.05, 3.63) is 86.6 Å². The van der Waals surface area contributed by atoms with Gasteiger partial charge in [0.25, 0.3) is 11.5 Å². The number of amides is 1. The van der Waals surface area contributed by atoms with Crippen molar-refractivity contribution >= 4 is 5.91 Å². The van der Waals surface area contributed by atoms with E-state index in [0.29, 0.717) is 11.1 Å². The zero-order chi connectivity index (χ0) is 19.6. The molecule has 0 saturated carbocycles. The molecule has 2 heterocycles. The molecule has 0 radical (unpaired) electrons. The van der Waals surface area contributed by atoms with Gasteiger partial charge in [-0.2, -0.15) is 5.10 Å². The average molecular weight is 364 g/mol. The lowest BCUT2D eigenvalue weighted by Gasteiger charge is -2.15. The third kappa shape index (κ3) is 3.84. The van der Waals surface area contributed by atoms with E-state index in [1.54, 1.807) is 6.20 Å². The summed E-state index contributed by atoms with van der Waals surface area (Å²) in [5.74, 6) is -0.238. The van der Waals surface area contributed by atoms with E-state index in [1.165, 1.54) is 0 Å². The molecule has 0 aliphatic carbocycles. The Morgan fingerprint density at radius 1 is 1.22 bits per heavy atom. The first kappa shape index (κ1) is 18.6. The second-order valence-corrected chi connectivity index (χ2v) is 6.80. The molecule has 3 aromatic rings. The van der Waals surface area contributed by atoms with Gasteiger partial charge in [-0.15, -0.1) is 0 Å². The third-order valence-corrected chi connectivity index (χ3v) is 4.86. The first-order valence-electron chi connectivity index (χ1n) is 8.95. The largest absolute Gasteiger partial charge is 0.348 e. The van der Waals surface area contributed by atoms with Crippen LogP contribution >= 0.6 is 0 Å². The quantitative estimate of drug-likeness (QED) is 0.730. The minimum atomic E-state index is -0.238. The molecule has 1 amide bonds. The van der Waals surface area contributed by atoms with Crippen molar-refractivity contribution in [1.82, 2.24) is 20.1 Å². The van der Waals surface area contributed by atoms with Crippen LogP contribution in [0.2, 0.25) is 0 Å². The highest BCUT2D eigenvalue weighted by Crippen LogP contribution is 2.20. The number of hydrogen-bond acceptors (Lipinski definition) is 3. The van der Waals surface area contributed by atoms with Crippen LogP contribution < -0.4 is 10.9 Å². The Morgan fingerprint density at radius 2 is 1.93 bits per heavy atom. The number of benzene rings is 1. The molecule has 0 saturated heterocycles. The summed E-state index contributed by atoms with van der Waals surface area (Å²) in [4.78, 5) is 27.5. The van der Waals surface area contributed by atoms with E-state index < -0.39 is 0 Å². The van der Waals surface area contributed by atoms with Crippen LogP contribution in [0.1, 0.15) is 51.4 Å². The van der Waals surface area contributed by atoms with E-state index in [4.69, 9.17) is 0 Å². The molecule has 6 nitrogen and oxygen atoms in total. The van der Waals surface area contributed by atoms with Gasteiger partial charge in [-0.1, -0.05) is 30.3 Å². The summed E-state index contributed by atoms with van der Waals surface area (Å²) < 4.78 is 1.84. The molecular formula is C21H24N4O2. The van der Waals surface area contributed by atoms with Gasteiger partial charge in [0.1, 0.15) is 0 Å². The van der Waals surface area contributed by atoms with Gasteiger partial charge in [-0.25, -0.2) is 0 Å². The van der Waals surface area contributed by atoms with Gasteiger partial charge in [0, 0.05) is 23.5 Å². The number of pyridine rings is 1. The fourth-order valence-corrected chi connectivity index (χ4v) is 3.27. The van der Waals surface area contributed by atoms with Crippen molar-refractivity contribution in [2.45, 2.75) is 40.3 Å². The predicted octanol–water partition coefficient (Wildman–Crippen LogP) is 3.04. The Bertz CT molecular complexity index is 1020. The Kier molecular flexibility index (Phi) is 5.26. The van der Waals surface area contributed by atoms with Gasteiger partial charge in [0.05, 0.1) is 17.8 Å². The number of aromatic amines is 1. The predicted molar refractivity (Wildman–Crippen MR) is 105 cm³/mol. The minimum absolute atomic E-state index is 0.0231. The number of aromatic nitrogens is 3. The number of aryl methyl sites for hydroxylation is 2. The molecule has 6 heteroatoms. The number of carbonyl (C=O) groups is 1. The van der Waals surface area contributed by atoms with Crippen molar-refractivity contribution < 1.29 is 4.79 Å². The molecule has 3 rings (SSSR count). The van der Waals surface area contributed by atoms with Crippen molar-refractivity contribution in [3.8, 4) is 0 Å². The molecule has 0 aliphatic rings. The van der Waals surface area contributed by atoms with E-state index in [9.17, 15) is 9.59 Å². The van der Waals surface area contributed by atoms with Crippen LogP contribution in [-0.4, -0.2) is 20.7 Å². The SMILES string of the molecule is Cc1cc(C)c(CNC(=O)c2cnn(C(C)c3ccccc3)c2C)c(=O)[nH]1. The number of H-pyrrole nitrogens is 1. The van der Waals surface area contributed by atoms with Crippen LogP contribution in [0.15, 0.2) is 47.4 Å². The summed E-state index contributed by atoms with van der Waals surface area (Å²) in [6.07, 6.45) is 1.58. The van der Waals surface area contributed by atoms with Gasteiger partial charge >= 0.3 is 0 Å². The maximum absolute atomic E-state index is 12.6. The lowest BCUT2D eigenvalue weighted by Crippen LogP contribution is -2.28. The van der Waals surface area contributed by atoms with Crippen molar-refractivity contribution in [2.75, 3.05) is 0 Å². The zero-order valence-corrected chi connectivity index (χ0v) is 16.0. The summed E-state index contributed by atoms with van der Waals surface area (Å²) >= 11 is 0. The average Bonchev–Trinajstić information content (AvgIpc) is 3.02. The van der Waals surface area contributed by atoms with Crippen LogP contribution in [0.4, 0.5) is 0 Å². The number of nitrogens with zero attached hydrogens (tertiary/aromatic N) is 2. The Labute approximate surface area is 158 Å². The smallest absolute Gasteiger partial charge is 0.255 e. The van der Waals surface area contributed by atoms with E-state index in [2.05, 4.69) is 15.4 Å². The molecule has 0 spiro atoms. The van der Waals surface area contributed by atoms with Crippen LogP contribution in [0.3, 0.4) is 0 Å². The first-order valence-corrected chi connectivity index (χ1v) is 8.95. The molecule has 0 fully saturated rings. The molecule has 1 aromatic carbocycles. The summed E-state index contributed by atoms with van der Waals surface area (Å²) in [7, 11) is 0. The van der Waals surface area contributed by atoms with Crippen molar-refractivity contribution in [1.29, 1.82) is 0 Å². The fourth-order valence-electron chi connectivity index (χ4n) is 3.27. The molecule has 27 heavy (non-hydrogen) atoms. The molecule has 140 valence electrons. The maximum atomic E-state index is 12.6. The van der Waals surface area contributed by atoms with Crippen LogP contribution in [-0.2, 0) is 6.54 Å². The van der Waals surface area contributed by atoms with E-state index >= 15 is 0 Å². The second kappa shape index (κ2) is 7.61. The summed E-state index contributed by atoms with van der Waals surface area (Å²) in [5.41, 5.74) is 4.49. The monoisotopic (exact) mass is 364 g/mol. The topological polar surface area (TPSA) is 79.8 Å². The summed E-state index contributed by atoms with van der Waals surface area (Å²) in [6, 6.07) is 11.9. The van der Waals surface area contributed by atoms with E-state index in [0.717, 1.165) is 22.5 Å².